The molecule has 0 fully saturated rings. The van der Waals surface area contributed by atoms with Gasteiger partial charge in [0.2, 0.25) is 5.88 Å². The minimum Gasteiger partial charge on any atom is -0.457 e. The number of carbonyl (C=O) groups excluding carboxylic acids is 1. The standard InChI is InChI=1S/C21H16F2N2O3/c1-12-18(21(26)27-11-13-5-3-2-4-6-13)19(16(10-24)20(25)28-12)15-8-7-14(22)9-17(15)23/h2-9,19H,11,25H2,1H3/t19-/m1/s1. The summed E-state index contributed by atoms with van der Waals surface area (Å²) in [5, 5.41) is 9.49. The number of ether oxygens (including phenoxy) is 2. The van der Waals surface area contributed by atoms with Crippen LogP contribution in [0.15, 0.2) is 71.3 Å². The van der Waals surface area contributed by atoms with Crippen LogP contribution in [-0.4, -0.2) is 5.97 Å². The summed E-state index contributed by atoms with van der Waals surface area (Å²) in [5.41, 5.74) is 6.24. The number of rotatable bonds is 4. The van der Waals surface area contributed by atoms with E-state index in [1.807, 2.05) is 12.1 Å². The zero-order valence-electron chi connectivity index (χ0n) is 14.9. The Kier molecular flexibility index (Phi) is 5.41. The molecule has 3 rings (SSSR count). The molecule has 1 aliphatic heterocycles. The second-order valence-corrected chi connectivity index (χ2v) is 6.12. The van der Waals surface area contributed by atoms with E-state index in [2.05, 4.69) is 0 Å². The predicted molar refractivity (Wildman–Crippen MR) is 95.9 cm³/mol. The molecule has 0 spiro atoms. The highest BCUT2D eigenvalue weighted by Crippen LogP contribution is 2.40. The second kappa shape index (κ2) is 7.92. The van der Waals surface area contributed by atoms with Crippen molar-refractivity contribution in [1.29, 1.82) is 5.26 Å². The second-order valence-electron chi connectivity index (χ2n) is 6.12. The highest BCUT2D eigenvalue weighted by molar-refractivity contribution is 5.92. The van der Waals surface area contributed by atoms with Gasteiger partial charge in [0.1, 0.15) is 35.6 Å². The van der Waals surface area contributed by atoms with Crippen LogP contribution in [0.5, 0.6) is 0 Å². The van der Waals surface area contributed by atoms with E-state index in [0.717, 1.165) is 11.6 Å². The third-order valence-electron chi connectivity index (χ3n) is 4.31. The van der Waals surface area contributed by atoms with E-state index < -0.39 is 23.5 Å². The Bertz CT molecular complexity index is 1020. The average Bonchev–Trinajstić information content (AvgIpc) is 2.66. The zero-order valence-corrected chi connectivity index (χ0v) is 14.9. The van der Waals surface area contributed by atoms with Crippen molar-refractivity contribution in [3.8, 4) is 6.07 Å². The van der Waals surface area contributed by atoms with Crippen LogP contribution >= 0.6 is 0 Å². The van der Waals surface area contributed by atoms with Crippen LogP contribution in [0, 0.1) is 23.0 Å². The number of hydrogen-bond donors (Lipinski definition) is 1. The molecular formula is C21H16F2N2O3. The first-order valence-corrected chi connectivity index (χ1v) is 8.36. The van der Waals surface area contributed by atoms with Crippen molar-refractivity contribution < 1.29 is 23.0 Å². The van der Waals surface area contributed by atoms with Gasteiger partial charge in [-0.05, 0) is 18.6 Å². The van der Waals surface area contributed by atoms with E-state index in [0.29, 0.717) is 6.07 Å². The van der Waals surface area contributed by atoms with Gasteiger partial charge in [-0.15, -0.1) is 0 Å². The van der Waals surface area contributed by atoms with Gasteiger partial charge < -0.3 is 15.2 Å². The van der Waals surface area contributed by atoms with Gasteiger partial charge in [0, 0.05) is 11.6 Å². The Hall–Kier alpha value is -3.66. The molecule has 142 valence electrons. The summed E-state index contributed by atoms with van der Waals surface area (Å²) in [4.78, 5) is 12.8. The number of nitriles is 1. The number of halogens is 2. The Morgan fingerprint density at radius 2 is 1.96 bits per heavy atom. The minimum absolute atomic E-state index is 0.0177. The lowest BCUT2D eigenvalue weighted by molar-refractivity contribution is -0.140. The first kappa shape index (κ1) is 19.1. The van der Waals surface area contributed by atoms with Crippen LogP contribution in [0.2, 0.25) is 0 Å². The lowest BCUT2D eigenvalue weighted by Crippen LogP contribution is -2.26. The third-order valence-corrected chi connectivity index (χ3v) is 4.31. The monoisotopic (exact) mass is 382 g/mol. The molecule has 0 radical (unpaired) electrons. The zero-order chi connectivity index (χ0) is 20.3. The molecule has 0 saturated carbocycles. The van der Waals surface area contributed by atoms with Crippen molar-refractivity contribution in [2.24, 2.45) is 5.73 Å². The molecule has 2 aromatic rings. The van der Waals surface area contributed by atoms with Crippen molar-refractivity contribution in [2.75, 3.05) is 0 Å². The summed E-state index contributed by atoms with van der Waals surface area (Å²) in [6, 6.07) is 13.7. The van der Waals surface area contributed by atoms with E-state index in [4.69, 9.17) is 15.2 Å². The van der Waals surface area contributed by atoms with E-state index >= 15 is 0 Å². The summed E-state index contributed by atoms with van der Waals surface area (Å²) >= 11 is 0. The van der Waals surface area contributed by atoms with E-state index in [9.17, 15) is 18.8 Å². The molecule has 0 bridgehead atoms. The fourth-order valence-corrected chi connectivity index (χ4v) is 2.99. The molecule has 2 N–H and O–H groups in total. The van der Waals surface area contributed by atoms with Gasteiger partial charge in [-0.3, -0.25) is 0 Å². The molecule has 0 saturated heterocycles. The highest BCUT2D eigenvalue weighted by Gasteiger charge is 2.37. The fraction of sp³-hybridized carbons (Fsp3) is 0.143. The maximum absolute atomic E-state index is 14.5. The van der Waals surface area contributed by atoms with E-state index in [1.54, 1.807) is 24.3 Å². The van der Waals surface area contributed by atoms with Crippen molar-refractivity contribution in [1.82, 2.24) is 0 Å². The number of esters is 1. The summed E-state index contributed by atoms with van der Waals surface area (Å²) in [6.45, 7) is 1.45. The van der Waals surface area contributed by atoms with Crippen LogP contribution in [-0.2, 0) is 20.9 Å². The third kappa shape index (κ3) is 3.71. The van der Waals surface area contributed by atoms with Gasteiger partial charge >= 0.3 is 5.97 Å². The normalized spacial score (nSPS) is 16.4. The number of carbonyl (C=O) groups is 1. The Morgan fingerprint density at radius 3 is 2.61 bits per heavy atom. The molecule has 1 aliphatic rings. The summed E-state index contributed by atoms with van der Waals surface area (Å²) in [6.07, 6.45) is 0. The summed E-state index contributed by atoms with van der Waals surface area (Å²) in [7, 11) is 0. The van der Waals surface area contributed by atoms with Crippen molar-refractivity contribution in [3.05, 3.63) is 94.1 Å². The maximum atomic E-state index is 14.5. The van der Waals surface area contributed by atoms with Gasteiger partial charge in [-0.25, -0.2) is 13.6 Å². The number of allylic oxidation sites excluding steroid dienone is 2. The SMILES string of the molecule is CC1=C(C(=O)OCc2ccccc2)[C@H](c2ccc(F)cc2F)C(C#N)=C(N)O1. The molecule has 7 heteroatoms. The van der Waals surface area contributed by atoms with E-state index in [-0.39, 0.29) is 35.0 Å². The Labute approximate surface area is 160 Å². The van der Waals surface area contributed by atoms with Gasteiger partial charge in [-0.2, -0.15) is 5.26 Å². The smallest absolute Gasteiger partial charge is 0.338 e. The average molecular weight is 382 g/mol. The number of benzene rings is 2. The fourth-order valence-electron chi connectivity index (χ4n) is 2.99. The van der Waals surface area contributed by atoms with Crippen molar-refractivity contribution >= 4 is 5.97 Å². The van der Waals surface area contributed by atoms with Crippen LogP contribution < -0.4 is 5.73 Å². The van der Waals surface area contributed by atoms with Gasteiger partial charge in [0.15, 0.2) is 0 Å². The van der Waals surface area contributed by atoms with Crippen LogP contribution in [0.3, 0.4) is 0 Å². The lowest BCUT2D eigenvalue weighted by Gasteiger charge is -2.27. The molecule has 1 heterocycles. The van der Waals surface area contributed by atoms with Gasteiger partial charge in [0.05, 0.1) is 11.5 Å². The van der Waals surface area contributed by atoms with E-state index in [1.165, 1.54) is 13.0 Å². The van der Waals surface area contributed by atoms with Crippen LogP contribution in [0.1, 0.15) is 24.0 Å². The lowest BCUT2D eigenvalue weighted by atomic mass is 9.83. The first-order chi connectivity index (χ1) is 13.4. The van der Waals surface area contributed by atoms with Crippen LogP contribution in [0.25, 0.3) is 0 Å². The molecular weight excluding hydrogens is 366 g/mol. The van der Waals surface area contributed by atoms with Crippen molar-refractivity contribution in [2.45, 2.75) is 19.4 Å². The summed E-state index contributed by atoms with van der Waals surface area (Å²) in [5.74, 6) is -3.79. The summed E-state index contributed by atoms with van der Waals surface area (Å²) < 4.78 is 38.4. The number of nitrogens with zero attached hydrogens (tertiary/aromatic N) is 1. The predicted octanol–water partition coefficient (Wildman–Crippen LogP) is 3.79. The van der Waals surface area contributed by atoms with Crippen molar-refractivity contribution in [3.63, 3.8) is 0 Å². The molecule has 5 nitrogen and oxygen atoms in total. The Morgan fingerprint density at radius 1 is 1.25 bits per heavy atom. The highest BCUT2D eigenvalue weighted by atomic mass is 19.1. The van der Waals surface area contributed by atoms with Gasteiger partial charge in [-0.1, -0.05) is 36.4 Å². The Balaban J connectivity index is 2.00. The molecule has 0 aliphatic carbocycles. The molecule has 0 unspecified atom stereocenters. The molecule has 1 atom stereocenters. The molecule has 2 aromatic carbocycles. The largest absolute Gasteiger partial charge is 0.457 e. The topological polar surface area (TPSA) is 85.3 Å². The molecule has 0 amide bonds. The maximum Gasteiger partial charge on any atom is 0.338 e. The quantitative estimate of drug-likeness (QED) is 0.813. The van der Waals surface area contributed by atoms with Crippen LogP contribution in [0.4, 0.5) is 8.78 Å². The number of hydrogen-bond acceptors (Lipinski definition) is 5. The number of nitrogens with two attached hydrogens (primary N) is 1. The first-order valence-electron chi connectivity index (χ1n) is 8.36. The molecule has 28 heavy (non-hydrogen) atoms. The minimum atomic E-state index is -1.16. The van der Waals surface area contributed by atoms with Gasteiger partial charge in [0.25, 0.3) is 0 Å². The molecule has 0 aromatic heterocycles.